The lowest BCUT2D eigenvalue weighted by Gasteiger charge is -2.31. The van der Waals surface area contributed by atoms with Crippen molar-refractivity contribution < 1.29 is 13.2 Å². The van der Waals surface area contributed by atoms with Gasteiger partial charge < -0.3 is 5.73 Å². The van der Waals surface area contributed by atoms with Crippen LogP contribution in [0.25, 0.3) is 0 Å². The van der Waals surface area contributed by atoms with E-state index in [1.165, 1.54) is 4.31 Å². The first-order chi connectivity index (χ1) is 11.8. The summed E-state index contributed by atoms with van der Waals surface area (Å²) in [6.45, 7) is 2.49. The zero-order chi connectivity index (χ0) is 18.2. The number of benzene rings is 1. The first-order valence-corrected chi connectivity index (χ1v) is 9.73. The number of nitrogens with zero attached hydrogens (tertiary/aromatic N) is 2. The number of H-pyrrole nitrogens is 1. The van der Waals surface area contributed by atoms with Crippen molar-refractivity contribution in [1.82, 2.24) is 14.5 Å². The summed E-state index contributed by atoms with van der Waals surface area (Å²) >= 11 is 6.06. The molecule has 1 aromatic carbocycles. The van der Waals surface area contributed by atoms with Crippen LogP contribution in [0.4, 0.5) is 0 Å². The van der Waals surface area contributed by atoms with E-state index in [1.807, 2.05) is 0 Å². The molecule has 1 aliphatic heterocycles. The maximum Gasteiger partial charge on any atom is 0.269 e. The van der Waals surface area contributed by atoms with E-state index in [1.54, 1.807) is 31.2 Å². The van der Waals surface area contributed by atoms with Gasteiger partial charge in [0.2, 0.25) is 10.0 Å². The Balaban J connectivity index is 1.75. The number of hydrogen-bond acceptors (Lipinski definition) is 4. The van der Waals surface area contributed by atoms with Crippen LogP contribution in [0.3, 0.4) is 0 Å². The zero-order valence-electron chi connectivity index (χ0n) is 13.7. The van der Waals surface area contributed by atoms with Gasteiger partial charge in [0.15, 0.2) is 0 Å². The van der Waals surface area contributed by atoms with Crippen LogP contribution in [-0.2, 0) is 10.0 Å². The molecule has 0 bridgehead atoms. The Morgan fingerprint density at radius 1 is 1.36 bits per heavy atom. The number of carbonyl (C=O) groups is 1. The molecule has 0 atom stereocenters. The molecule has 0 radical (unpaired) electrons. The van der Waals surface area contributed by atoms with Crippen molar-refractivity contribution in [2.24, 2.45) is 5.73 Å². The number of halogens is 1. The topological polar surface area (TPSA) is 109 Å². The van der Waals surface area contributed by atoms with Gasteiger partial charge in [0.25, 0.3) is 5.91 Å². The van der Waals surface area contributed by atoms with Crippen LogP contribution in [0.2, 0.25) is 5.02 Å². The molecule has 2 aromatic rings. The number of carbonyl (C=O) groups excluding carboxylic acids is 1. The predicted octanol–water partition coefficient (Wildman–Crippen LogP) is 2.04. The van der Waals surface area contributed by atoms with Gasteiger partial charge in [0.05, 0.1) is 4.90 Å². The number of aromatic nitrogens is 2. The predicted molar refractivity (Wildman–Crippen MR) is 94.0 cm³/mol. The van der Waals surface area contributed by atoms with Crippen molar-refractivity contribution in [1.29, 1.82) is 0 Å². The van der Waals surface area contributed by atoms with E-state index in [0.29, 0.717) is 36.5 Å². The van der Waals surface area contributed by atoms with Crippen LogP contribution in [0, 0.1) is 6.92 Å². The standard InChI is InChI=1S/C16H19ClN4O3S/c1-10-12(17)3-2-4-15(10)25(23,24)21-7-5-11(6-8-21)13-9-14(16(18)22)20-19-13/h2-4,9,11H,5-8H2,1H3,(H2,18,22)(H,19,20). The Bertz CT molecular complexity index is 902. The van der Waals surface area contributed by atoms with Gasteiger partial charge in [-0.15, -0.1) is 0 Å². The number of piperidine rings is 1. The Morgan fingerprint density at radius 2 is 2.04 bits per heavy atom. The third-order valence-electron chi connectivity index (χ3n) is 4.58. The van der Waals surface area contributed by atoms with E-state index < -0.39 is 15.9 Å². The maximum atomic E-state index is 12.9. The van der Waals surface area contributed by atoms with Crippen molar-refractivity contribution >= 4 is 27.5 Å². The average molecular weight is 383 g/mol. The van der Waals surface area contributed by atoms with Gasteiger partial charge >= 0.3 is 0 Å². The highest BCUT2D eigenvalue weighted by molar-refractivity contribution is 7.89. The van der Waals surface area contributed by atoms with Crippen LogP contribution < -0.4 is 5.73 Å². The number of rotatable bonds is 4. The van der Waals surface area contributed by atoms with E-state index in [4.69, 9.17) is 17.3 Å². The molecule has 9 heteroatoms. The first-order valence-electron chi connectivity index (χ1n) is 7.91. The van der Waals surface area contributed by atoms with Gasteiger partial charge in [0, 0.05) is 29.7 Å². The summed E-state index contributed by atoms with van der Waals surface area (Å²) in [7, 11) is -3.58. The molecule has 0 saturated carbocycles. The molecule has 0 unspecified atom stereocenters. The summed E-state index contributed by atoms with van der Waals surface area (Å²) in [5, 5.41) is 7.14. The number of sulfonamides is 1. The largest absolute Gasteiger partial charge is 0.364 e. The Kier molecular flexibility index (Phi) is 4.86. The molecular formula is C16H19ClN4O3S. The van der Waals surface area contributed by atoms with Gasteiger partial charge in [-0.3, -0.25) is 9.89 Å². The Hall–Kier alpha value is -1.90. The van der Waals surface area contributed by atoms with Crippen molar-refractivity contribution in [2.75, 3.05) is 13.1 Å². The number of nitrogens with one attached hydrogen (secondary N) is 1. The summed E-state index contributed by atoms with van der Waals surface area (Å²) in [6, 6.07) is 6.54. The van der Waals surface area contributed by atoms with Crippen molar-refractivity contribution in [3.8, 4) is 0 Å². The van der Waals surface area contributed by atoms with Crippen molar-refractivity contribution in [2.45, 2.75) is 30.6 Å². The summed E-state index contributed by atoms with van der Waals surface area (Å²) in [5.41, 5.74) is 6.77. The zero-order valence-corrected chi connectivity index (χ0v) is 15.3. The second-order valence-corrected chi connectivity index (χ2v) is 8.43. The van der Waals surface area contributed by atoms with Crippen molar-refractivity contribution in [3.63, 3.8) is 0 Å². The number of primary amides is 1. The molecule has 0 aliphatic carbocycles. The van der Waals surface area contributed by atoms with E-state index >= 15 is 0 Å². The fourth-order valence-electron chi connectivity index (χ4n) is 3.09. The molecule has 25 heavy (non-hydrogen) atoms. The first kappa shape index (κ1) is 17.9. The number of hydrogen-bond donors (Lipinski definition) is 2. The quantitative estimate of drug-likeness (QED) is 0.843. The fraction of sp³-hybridized carbons (Fsp3) is 0.375. The SMILES string of the molecule is Cc1c(Cl)cccc1S(=O)(=O)N1CCC(c2cc(C(N)=O)n[nH]2)CC1. The highest BCUT2D eigenvalue weighted by Gasteiger charge is 2.32. The molecule has 0 spiro atoms. The fourth-order valence-corrected chi connectivity index (χ4v) is 5.03. The average Bonchev–Trinajstić information content (AvgIpc) is 3.07. The van der Waals surface area contributed by atoms with E-state index in [2.05, 4.69) is 10.2 Å². The number of aromatic amines is 1. The molecule has 7 nitrogen and oxygen atoms in total. The molecule has 1 aromatic heterocycles. The molecule has 3 rings (SSSR count). The molecule has 3 N–H and O–H groups in total. The maximum absolute atomic E-state index is 12.9. The molecule has 2 heterocycles. The third kappa shape index (κ3) is 3.42. The van der Waals surface area contributed by atoms with Crippen molar-refractivity contribution in [3.05, 3.63) is 46.2 Å². The molecule has 134 valence electrons. The van der Waals surface area contributed by atoms with Crippen LogP contribution in [0.5, 0.6) is 0 Å². The van der Waals surface area contributed by atoms with Gasteiger partial charge in [-0.05, 0) is 43.5 Å². The van der Waals surface area contributed by atoms with Gasteiger partial charge in [-0.1, -0.05) is 17.7 Å². The molecular weight excluding hydrogens is 364 g/mol. The van der Waals surface area contributed by atoms with E-state index in [9.17, 15) is 13.2 Å². The smallest absolute Gasteiger partial charge is 0.269 e. The molecule has 1 saturated heterocycles. The molecule has 1 amide bonds. The lowest BCUT2D eigenvalue weighted by Crippen LogP contribution is -2.38. The van der Waals surface area contributed by atoms with Crippen LogP contribution in [-0.4, -0.2) is 41.9 Å². The summed E-state index contributed by atoms with van der Waals surface area (Å²) in [5.74, 6) is -0.466. The van der Waals surface area contributed by atoms with E-state index in [0.717, 1.165) is 5.69 Å². The van der Waals surface area contributed by atoms with Gasteiger partial charge in [-0.25, -0.2) is 8.42 Å². The van der Waals surface area contributed by atoms with E-state index in [-0.39, 0.29) is 16.5 Å². The van der Waals surface area contributed by atoms with Gasteiger partial charge in [0.1, 0.15) is 5.69 Å². The highest BCUT2D eigenvalue weighted by atomic mass is 35.5. The molecule has 1 aliphatic rings. The third-order valence-corrected chi connectivity index (χ3v) is 7.03. The summed E-state index contributed by atoms with van der Waals surface area (Å²) < 4.78 is 27.2. The molecule has 1 fully saturated rings. The van der Waals surface area contributed by atoms with Gasteiger partial charge in [-0.2, -0.15) is 9.40 Å². The van der Waals surface area contributed by atoms with Crippen LogP contribution in [0.15, 0.2) is 29.2 Å². The normalized spacial score (nSPS) is 16.9. The minimum Gasteiger partial charge on any atom is -0.364 e. The lowest BCUT2D eigenvalue weighted by atomic mass is 9.94. The second-order valence-electron chi connectivity index (χ2n) is 6.11. The van der Waals surface area contributed by atoms with Crippen LogP contribution in [0.1, 0.15) is 40.5 Å². The minimum absolute atomic E-state index is 0.118. The van der Waals surface area contributed by atoms with Crippen LogP contribution >= 0.6 is 11.6 Å². The summed E-state index contributed by atoms with van der Waals surface area (Å²) in [4.78, 5) is 11.4. The lowest BCUT2D eigenvalue weighted by molar-refractivity contribution is 0.0995. The number of nitrogens with two attached hydrogens (primary N) is 1. The highest BCUT2D eigenvalue weighted by Crippen LogP contribution is 2.32. The number of amides is 1. The monoisotopic (exact) mass is 382 g/mol. The Morgan fingerprint density at radius 3 is 2.64 bits per heavy atom. The summed E-state index contributed by atoms with van der Waals surface area (Å²) in [6.07, 6.45) is 1.28. The minimum atomic E-state index is -3.58. The Labute approximate surface area is 151 Å². The second kappa shape index (κ2) is 6.78.